The predicted octanol–water partition coefficient (Wildman–Crippen LogP) is 1.23. The summed E-state index contributed by atoms with van der Waals surface area (Å²) in [5.41, 5.74) is 0.865. The van der Waals surface area contributed by atoms with Crippen LogP contribution in [0, 0.1) is 6.92 Å². The lowest BCUT2D eigenvalue weighted by Gasteiger charge is -2.31. The topological polar surface area (TPSA) is 63.7 Å². The summed E-state index contributed by atoms with van der Waals surface area (Å²) in [6.07, 6.45) is -0.352. The van der Waals surface area contributed by atoms with Crippen LogP contribution in [0.25, 0.3) is 0 Å². The van der Waals surface area contributed by atoms with Gasteiger partial charge in [0.25, 0.3) is 0 Å². The number of rotatable bonds is 2. The quantitative estimate of drug-likeness (QED) is 0.858. The second-order valence-corrected chi connectivity index (χ2v) is 4.08. The van der Waals surface area contributed by atoms with E-state index in [4.69, 9.17) is 9.47 Å². The van der Waals surface area contributed by atoms with Crippen molar-refractivity contribution in [2.24, 2.45) is 0 Å². The third-order valence-electron chi connectivity index (χ3n) is 2.71. The van der Waals surface area contributed by atoms with Crippen LogP contribution in [0.2, 0.25) is 0 Å². The molecule has 0 spiro atoms. The highest BCUT2D eigenvalue weighted by molar-refractivity contribution is 5.88. The van der Waals surface area contributed by atoms with Crippen molar-refractivity contribution in [3.8, 4) is 0 Å². The zero-order chi connectivity index (χ0) is 13.0. The minimum absolute atomic E-state index is 0.182. The van der Waals surface area contributed by atoms with Gasteiger partial charge >= 0.3 is 6.03 Å². The molecule has 2 amide bonds. The third kappa shape index (κ3) is 3.18. The van der Waals surface area contributed by atoms with Gasteiger partial charge in [0.05, 0.1) is 13.2 Å². The monoisotopic (exact) mass is 251 g/mol. The zero-order valence-corrected chi connectivity index (χ0v) is 10.5. The van der Waals surface area contributed by atoms with Crippen molar-refractivity contribution in [3.63, 3.8) is 0 Å². The minimum atomic E-state index is -0.352. The summed E-state index contributed by atoms with van der Waals surface area (Å²) in [4.78, 5) is 17.9. The predicted molar refractivity (Wildman–Crippen MR) is 66.3 cm³/mol. The van der Waals surface area contributed by atoms with Gasteiger partial charge in [-0.25, -0.2) is 9.78 Å². The van der Waals surface area contributed by atoms with Crippen molar-refractivity contribution in [1.29, 1.82) is 0 Å². The number of hydrogen-bond donors (Lipinski definition) is 1. The highest BCUT2D eigenvalue weighted by Gasteiger charge is 2.24. The zero-order valence-electron chi connectivity index (χ0n) is 10.5. The average Bonchev–Trinajstić information content (AvgIpc) is 2.39. The maximum absolute atomic E-state index is 12.0. The number of morpholine rings is 1. The van der Waals surface area contributed by atoms with Gasteiger partial charge in [0.2, 0.25) is 0 Å². The van der Waals surface area contributed by atoms with Gasteiger partial charge in [0.1, 0.15) is 5.82 Å². The SMILES string of the molecule is CO[C@@H]1CN(C(=O)Nc2cccc(C)n2)CCO1. The standard InChI is InChI=1S/C12H17N3O3/c1-9-4-3-5-10(13-9)14-12(16)15-6-7-18-11(8-15)17-2/h3-5,11H,6-8H2,1-2H3,(H,13,14,16)/t11-/m0/s1. The number of anilines is 1. The fourth-order valence-electron chi connectivity index (χ4n) is 1.75. The molecular formula is C12H17N3O3. The van der Waals surface area contributed by atoms with Crippen molar-refractivity contribution >= 4 is 11.8 Å². The lowest BCUT2D eigenvalue weighted by molar-refractivity contribution is -0.155. The van der Waals surface area contributed by atoms with Gasteiger partial charge in [0, 0.05) is 19.3 Å². The minimum Gasteiger partial charge on any atom is -0.354 e. The first kappa shape index (κ1) is 12.8. The Morgan fingerprint density at radius 2 is 2.44 bits per heavy atom. The Bertz CT molecular complexity index is 425. The number of ether oxygens (including phenoxy) is 2. The number of hydrogen-bond acceptors (Lipinski definition) is 4. The molecule has 1 aromatic rings. The molecule has 1 N–H and O–H groups in total. The molecule has 1 fully saturated rings. The molecule has 1 atom stereocenters. The molecule has 0 saturated carbocycles. The van der Waals surface area contributed by atoms with Gasteiger partial charge in [-0.05, 0) is 19.1 Å². The number of nitrogens with zero attached hydrogens (tertiary/aromatic N) is 2. The Kier molecular flexibility index (Phi) is 4.11. The number of carbonyl (C=O) groups excluding carboxylic acids is 1. The van der Waals surface area contributed by atoms with Crippen molar-refractivity contribution in [2.45, 2.75) is 13.2 Å². The van der Waals surface area contributed by atoms with Crippen LogP contribution in [0.5, 0.6) is 0 Å². The van der Waals surface area contributed by atoms with Gasteiger partial charge in [-0.1, -0.05) is 6.07 Å². The van der Waals surface area contributed by atoms with E-state index < -0.39 is 0 Å². The smallest absolute Gasteiger partial charge is 0.323 e. The van der Waals surface area contributed by atoms with Gasteiger partial charge in [-0.3, -0.25) is 5.32 Å². The molecule has 0 aromatic carbocycles. The number of amides is 2. The van der Waals surface area contributed by atoms with Crippen LogP contribution in [-0.2, 0) is 9.47 Å². The van der Waals surface area contributed by atoms with Gasteiger partial charge < -0.3 is 14.4 Å². The largest absolute Gasteiger partial charge is 0.354 e. The summed E-state index contributed by atoms with van der Waals surface area (Å²) in [6.45, 7) is 3.34. The number of aromatic nitrogens is 1. The molecule has 6 heteroatoms. The summed E-state index contributed by atoms with van der Waals surface area (Å²) >= 11 is 0. The van der Waals surface area contributed by atoms with E-state index in [0.29, 0.717) is 25.5 Å². The van der Waals surface area contributed by atoms with Crippen molar-refractivity contribution in [2.75, 3.05) is 32.1 Å². The number of nitrogens with one attached hydrogen (secondary N) is 1. The van der Waals surface area contributed by atoms with Crippen LogP contribution in [0.1, 0.15) is 5.69 Å². The van der Waals surface area contributed by atoms with Gasteiger partial charge in [-0.15, -0.1) is 0 Å². The molecule has 0 unspecified atom stereocenters. The fourth-order valence-corrected chi connectivity index (χ4v) is 1.75. The lowest BCUT2D eigenvalue weighted by Crippen LogP contribution is -2.48. The Labute approximate surface area is 106 Å². The van der Waals surface area contributed by atoms with Crippen molar-refractivity contribution < 1.29 is 14.3 Å². The Morgan fingerprint density at radius 1 is 1.61 bits per heavy atom. The maximum atomic E-state index is 12.0. The van der Waals surface area contributed by atoms with Crippen LogP contribution in [0.15, 0.2) is 18.2 Å². The van der Waals surface area contributed by atoms with E-state index in [-0.39, 0.29) is 12.3 Å². The Hall–Kier alpha value is -1.66. The number of methoxy groups -OCH3 is 1. The maximum Gasteiger partial charge on any atom is 0.323 e. The van der Waals surface area contributed by atoms with Crippen LogP contribution in [-0.4, -0.2) is 49.0 Å². The normalized spacial score (nSPS) is 19.7. The molecule has 2 rings (SSSR count). The molecule has 0 aliphatic carbocycles. The molecule has 98 valence electrons. The summed E-state index contributed by atoms with van der Waals surface area (Å²) in [7, 11) is 1.56. The first-order valence-electron chi connectivity index (χ1n) is 5.83. The lowest BCUT2D eigenvalue weighted by atomic mass is 10.3. The molecule has 6 nitrogen and oxygen atoms in total. The second kappa shape index (κ2) is 5.79. The number of urea groups is 1. The molecule has 1 aliphatic rings. The van der Waals surface area contributed by atoms with E-state index >= 15 is 0 Å². The molecule has 1 aromatic heterocycles. The van der Waals surface area contributed by atoms with E-state index in [1.54, 1.807) is 18.1 Å². The van der Waals surface area contributed by atoms with Gasteiger partial charge in [0.15, 0.2) is 6.29 Å². The van der Waals surface area contributed by atoms with Crippen molar-refractivity contribution in [1.82, 2.24) is 9.88 Å². The van der Waals surface area contributed by atoms with Crippen LogP contribution >= 0.6 is 0 Å². The summed E-state index contributed by atoms with van der Waals surface area (Å²) in [5.74, 6) is 0.556. The Morgan fingerprint density at radius 3 is 3.17 bits per heavy atom. The van der Waals surface area contributed by atoms with E-state index in [2.05, 4.69) is 10.3 Å². The highest BCUT2D eigenvalue weighted by Crippen LogP contribution is 2.09. The summed E-state index contributed by atoms with van der Waals surface area (Å²) in [6, 6.07) is 5.32. The second-order valence-electron chi connectivity index (χ2n) is 4.08. The van der Waals surface area contributed by atoms with Gasteiger partial charge in [-0.2, -0.15) is 0 Å². The summed E-state index contributed by atoms with van der Waals surface area (Å²) in [5, 5.41) is 2.76. The first-order valence-corrected chi connectivity index (χ1v) is 5.83. The van der Waals surface area contributed by atoms with Crippen LogP contribution < -0.4 is 5.32 Å². The Balaban J connectivity index is 1.95. The van der Waals surface area contributed by atoms with Crippen LogP contribution in [0.4, 0.5) is 10.6 Å². The fraction of sp³-hybridized carbons (Fsp3) is 0.500. The van der Waals surface area contributed by atoms with E-state index in [1.807, 2.05) is 19.1 Å². The highest BCUT2D eigenvalue weighted by atomic mass is 16.7. The molecule has 1 aliphatic heterocycles. The van der Waals surface area contributed by atoms with E-state index in [9.17, 15) is 4.79 Å². The molecule has 1 saturated heterocycles. The number of aryl methyl sites for hydroxylation is 1. The third-order valence-corrected chi connectivity index (χ3v) is 2.71. The van der Waals surface area contributed by atoms with Crippen molar-refractivity contribution in [3.05, 3.63) is 23.9 Å². The molecule has 0 radical (unpaired) electrons. The molecule has 18 heavy (non-hydrogen) atoms. The molecular weight excluding hydrogens is 234 g/mol. The molecule has 2 heterocycles. The first-order chi connectivity index (χ1) is 8.69. The van der Waals surface area contributed by atoms with E-state index in [1.165, 1.54) is 0 Å². The number of carbonyl (C=O) groups is 1. The summed E-state index contributed by atoms with van der Waals surface area (Å²) < 4.78 is 10.4. The average molecular weight is 251 g/mol. The molecule has 0 bridgehead atoms. The van der Waals surface area contributed by atoms with E-state index in [0.717, 1.165) is 5.69 Å². The van der Waals surface area contributed by atoms with Crippen LogP contribution in [0.3, 0.4) is 0 Å². The number of pyridine rings is 1.